The van der Waals surface area contributed by atoms with Crippen LogP contribution in [0.15, 0.2) is 66.0 Å². The molecule has 1 N–H and O–H groups in total. The van der Waals surface area contributed by atoms with Gasteiger partial charge in [-0.15, -0.1) is 0 Å². The Balaban J connectivity index is 1.98. The van der Waals surface area contributed by atoms with E-state index in [9.17, 15) is 4.39 Å². The number of aliphatic imine (C=N–C) groups is 1. The quantitative estimate of drug-likeness (QED) is 0.425. The number of anilines is 1. The lowest BCUT2D eigenvalue weighted by atomic mass is 10.0. The molecule has 3 rings (SSSR count). The van der Waals surface area contributed by atoms with Crippen molar-refractivity contribution in [2.24, 2.45) is 4.99 Å². The second-order valence-corrected chi connectivity index (χ2v) is 6.97. The van der Waals surface area contributed by atoms with Crippen molar-refractivity contribution in [2.45, 2.75) is 13.8 Å². The number of aryl methyl sites for hydroxylation is 1. The van der Waals surface area contributed by atoms with E-state index >= 15 is 0 Å². The average molecular weight is 404 g/mol. The molecule has 0 aliphatic rings. The van der Waals surface area contributed by atoms with E-state index in [-0.39, 0.29) is 5.82 Å². The summed E-state index contributed by atoms with van der Waals surface area (Å²) in [7, 11) is 3.36. The van der Waals surface area contributed by atoms with Gasteiger partial charge in [-0.3, -0.25) is 4.99 Å². The molecule has 0 saturated carbocycles. The maximum atomic E-state index is 13.7. The molecule has 5 nitrogen and oxygen atoms in total. The van der Waals surface area contributed by atoms with Gasteiger partial charge < -0.3 is 10.1 Å². The lowest BCUT2D eigenvalue weighted by Crippen LogP contribution is -2.06. The first-order chi connectivity index (χ1) is 14.4. The minimum Gasteiger partial charge on any atom is -0.494 e. The molecule has 0 radical (unpaired) electrons. The Morgan fingerprint density at radius 2 is 2.00 bits per heavy atom. The first kappa shape index (κ1) is 21.2. The predicted octanol–water partition coefficient (Wildman–Crippen LogP) is 5.37. The molecule has 0 bridgehead atoms. The summed E-state index contributed by atoms with van der Waals surface area (Å²) in [6.07, 6.45) is 5.34. The van der Waals surface area contributed by atoms with E-state index < -0.39 is 0 Å². The molecule has 0 unspecified atom stereocenters. The Labute approximate surface area is 176 Å². The third-order valence-corrected chi connectivity index (χ3v) is 4.81. The number of allylic oxidation sites excluding steroid dienone is 1. The van der Waals surface area contributed by atoms with Crippen LogP contribution < -0.4 is 10.1 Å². The van der Waals surface area contributed by atoms with Gasteiger partial charge in [0.05, 0.1) is 7.11 Å². The standard InChI is InChI=1S/C24H25FN4O/c1-15(6-7-17(3)26-4)13-27-24-20-11-19(18-8-9-21(25)16(2)10-18)12-22(30-5)23(20)28-14-29-24/h6-12,14H,1,13H2,2-5H3,(H,27,28,29)/b7-6-,26-17?. The van der Waals surface area contributed by atoms with Crippen LogP contribution in [-0.2, 0) is 0 Å². The van der Waals surface area contributed by atoms with Gasteiger partial charge in [0.1, 0.15) is 29.2 Å². The van der Waals surface area contributed by atoms with Crippen LogP contribution in [0.3, 0.4) is 0 Å². The Morgan fingerprint density at radius 1 is 1.20 bits per heavy atom. The number of benzene rings is 2. The summed E-state index contributed by atoms with van der Waals surface area (Å²) >= 11 is 0. The van der Waals surface area contributed by atoms with Crippen LogP contribution in [0.2, 0.25) is 0 Å². The van der Waals surface area contributed by atoms with Crippen LogP contribution in [0.4, 0.5) is 10.2 Å². The van der Waals surface area contributed by atoms with Crippen molar-refractivity contribution in [3.63, 3.8) is 0 Å². The second-order valence-electron chi connectivity index (χ2n) is 6.97. The first-order valence-electron chi connectivity index (χ1n) is 9.55. The highest BCUT2D eigenvalue weighted by atomic mass is 19.1. The molecule has 0 aliphatic carbocycles. The molecule has 3 aromatic rings. The van der Waals surface area contributed by atoms with Gasteiger partial charge in [0.2, 0.25) is 0 Å². The van der Waals surface area contributed by atoms with Gasteiger partial charge in [-0.25, -0.2) is 14.4 Å². The normalized spacial score (nSPS) is 11.8. The van der Waals surface area contributed by atoms with Crippen molar-refractivity contribution in [2.75, 3.05) is 26.0 Å². The number of nitrogens with one attached hydrogen (secondary N) is 1. The molecular formula is C24H25FN4O. The number of hydrogen-bond donors (Lipinski definition) is 1. The van der Waals surface area contributed by atoms with Crippen molar-refractivity contribution in [1.82, 2.24) is 9.97 Å². The highest BCUT2D eigenvalue weighted by molar-refractivity contribution is 5.96. The lowest BCUT2D eigenvalue weighted by Gasteiger charge is -2.13. The highest BCUT2D eigenvalue weighted by Gasteiger charge is 2.12. The SMILES string of the molecule is C=C(/C=C\C(C)=NC)CNc1ncnc2c(OC)cc(-c3ccc(F)c(C)c3)cc12. The van der Waals surface area contributed by atoms with Crippen LogP contribution in [0.25, 0.3) is 22.0 Å². The van der Waals surface area contributed by atoms with Gasteiger partial charge >= 0.3 is 0 Å². The molecule has 2 aromatic carbocycles. The van der Waals surface area contributed by atoms with Gasteiger partial charge in [0.15, 0.2) is 0 Å². The Bertz CT molecular complexity index is 1150. The minimum atomic E-state index is -0.230. The molecule has 0 saturated heterocycles. The largest absolute Gasteiger partial charge is 0.494 e. The number of ether oxygens (including phenoxy) is 1. The van der Waals surface area contributed by atoms with Gasteiger partial charge in [-0.2, -0.15) is 0 Å². The van der Waals surface area contributed by atoms with Gasteiger partial charge in [-0.05, 0) is 66.5 Å². The smallest absolute Gasteiger partial charge is 0.145 e. The molecule has 0 amide bonds. The monoisotopic (exact) mass is 404 g/mol. The van der Waals surface area contributed by atoms with Crippen LogP contribution >= 0.6 is 0 Å². The molecule has 1 heterocycles. The van der Waals surface area contributed by atoms with Crippen molar-refractivity contribution >= 4 is 22.4 Å². The van der Waals surface area contributed by atoms with Gasteiger partial charge in [0.25, 0.3) is 0 Å². The summed E-state index contributed by atoms with van der Waals surface area (Å²) in [6.45, 7) is 8.26. The molecule has 0 spiro atoms. The number of hydrogen-bond acceptors (Lipinski definition) is 5. The summed E-state index contributed by atoms with van der Waals surface area (Å²) in [5.41, 5.74) is 4.89. The zero-order valence-electron chi connectivity index (χ0n) is 17.7. The van der Waals surface area contributed by atoms with Crippen LogP contribution in [0.5, 0.6) is 5.75 Å². The molecule has 154 valence electrons. The van der Waals surface area contributed by atoms with Crippen molar-refractivity contribution in [3.05, 3.63) is 72.3 Å². The Hall–Kier alpha value is -3.54. The van der Waals surface area contributed by atoms with Crippen LogP contribution in [0.1, 0.15) is 12.5 Å². The Morgan fingerprint density at radius 3 is 2.70 bits per heavy atom. The minimum absolute atomic E-state index is 0.230. The predicted molar refractivity (Wildman–Crippen MR) is 122 cm³/mol. The van der Waals surface area contributed by atoms with Crippen molar-refractivity contribution in [1.29, 1.82) is 0 Å². The number of rotatable bonds is 7. The van der Waals surface area contributed by atoms with Crippen LogP contribution in [-0.4, -0.2) is 36.4 Å². The lowest BCUT2D eigenvalue weighted by molar-refractivity contribution is 0.419. The average Bonchev–Trinajstić information content (AvgIpc) is 2.76. The maximum absolute atomic E-state index is 13.7. The van der Waals surface area contributed by atoms with E-state index in [0.29, 0.717) is 29.2 Å². The third-order valence-electron chi connectivity index (χ3n) is 4.81. The molecular weight excluding hydrogens is 379 g/mol. The summed E-state index contributed by atoms with van der Waals surface area (Å²) in [5, 5.41) is 4.14. The second kappa shape index (κ2) is 9.31. The van der Waals surface area contributed by atoms with E-state index in [0.717, 1.165) is 27.8 Å². The molecule has 6 heteroatoms. The Kier molecular flexibility index (Phi) is 6.57. The molecule has 30 heavy (non-hydrogen) atoms. The number of aromatic nitrogens is 2. The first-order valence-corrected chi connectivity index (χ1v) is 9.55. The fraction of sp³-hybridized carbons (Fsp3) is 0.208. The summed E-state index contributed by atoms with van der Waals surface area (Å²) in [4.78, 5) is 12.9. The fourth-order valence-electron chi connectivity index (χ4n) is 2.99. The molecule has 0 aliphatic heterocycles. The number of methoxy groups -OCH3 is 1. The van der Waals surface area contributed by atoms with Crippen molar-refractivity contribution < 1.29 is 9.13 Å². The zero-order valence-corrected chi connectivity index (χ0v) is 17.7. The van der Waals surface area contributed by atoms with Crippen molar-refractivity contribution in [3.8, 4) is 16.9 Å². The number of fused-ring (bicyclic) bond motifs is 1. The van der Waals surface area contributed by atoms with E-state index in [1.165, 1.54) is 12.4 Å². The highest BCUT2D eigenvalue weighted by Crippen LogP contribution is 2.34. The molecule has 1 aromatic heterocycles. The number of nitrogens with zero attached hydrogens (tertiary/aromatic N) is 3. The van der Waals surface area contributed by atoms with Crippen LogP contribution in [0, 0.1) is 12.7 Å². The molecule has 0 fully saturated rings. The topological polar surface area (TPSA) is 59.4 Å². The summed E-state index contributed by atoms with van der Waals surface area (Å²) < 4.78 is 19.3. The van der Waals surface area contributed by atoms with E-state index in [1.807, 2.05) is 37.3 Å². The van der Waals surface area contributed by atoms with E-state index in [1.54, 1.807) is 27.1 Å². The zero-order chi connectivity index (χ0) is 21.7. The van der Waals surface area contributed by atoms with Gasteiger partial charge in [-0.1, -0.05) is 18.7 Å². The maximum Gasteiger partial charge on any atom is 0.145 e. The number of halogens is 1. The third kappa shape index (κ3) is 4.71. The van der Waals surface area contributed by atoms with E-state index in [2.05, 4.69) is 26.9 Å². The van der Waals surface area contributed by atoms with E-state index in [4.69, 9.17) is 4.74 Å². The summed E-state index contributed by atoms with van der Waals surface area (Å²) in [6, 6.07) is 8.93. The van der Waals surface area contributed by atoms with Gasteiger partial charge in [0, 0.05) is 24.7 Å². The fourth-order valence-corrected chi connectivity index (χ4v) is 2.99. The molecule has 0 atom stereocenters. The summed E-state index contributed by atoms with van der Waals surface area (Å²) in [5.74, 6) is 1.07.